The van der Waals surface area contributed by atoms with E-state index in [1.54, 1.807) is 11.8 Å². The molecule has 0 atom stereocenters. The fourth-order valence-electron chi connectivity index (χ4n) is 2.62. The summed E-state index contributed by atoms with van der Waals surface area (Å²) >= 11 is 5.05. The van der Waals surface area contributed by atoms with Crippen LogP contribution < -0.4 is 0 Å². The Bertz CT molecular complexity index is 717. The van der Waals surface area contributed by atoms with E-state index >= 15 is 0 Å². The molecule has 3 nitrogen and oxygen atoms in total. The van der Waals surface area contributed by atoms with E-state index in [2.05, 4.69) is 51.4 Å². The van der Waals surface area contributed by atoms with E-state index in [0.717, 1.165) is 16.4 Å². The standard InChI is InChI=1S/C16H16BrN3S/c1-4-11-12(5-2)14(9-8-13(11)10-6-7-10)20-15(17)18-19-16(20)21-3/h4-5,8-10H,1-2,6-7H2,3H3. The summed E-state index contributed by atoms with van der Waals surface area (Å²) in [4.78, 5) is 0. The Morgan fingerprint density at radius 2 is 1.95 bits per heavy atom. The SMILES string of the molecule is C=Cc1c(C2CC2)ccc(-n2c(Br)nnc2SC)c1C=C. The summed E-state index contributed by atoms with van der Waals surface area (Å²) < 4.78 is 2.70. The van der Waals surface area contributed by atoms with Gasteiger partial charge in [-0.15, -0.1) is 10.2 Å². The van der Waals surface area contributed by atoms with Crippen molar-refractivity contribution in [2.45, 2.75) is 23.9 Å². The van der Waals surface area contributed by atoms with Gasteiger partial charge in [0.1, 0.15) is 0 Å². The van der Waals surface area contributed by atoms with Crippen molar-refractivity contribution in [3.05, 3.63) is 46.7 Å². The van der Waals surface area contributed by atoms with Gasteiger partial charge in [0.25, 0.3) is 0 Å². The maximum absolute atomic E-state index is 4.18. The predicted molar refractivity (Wildman–Crippen MR) is 93.0 cm³/mol. The van der Waals surface area contributed by atoms with E-state index in [1.165, 1.54) is 24.0 Å². The second-order valence-corrected chi connectivity index (χ2v) is 6.46. The van der Waals surface area contributed by atoms with Crippen molar-refractivity contribution in [2.24, 2.45) is 0 Å². The molecule has 108 valence electrons. The van der Waals surface area contributed by atoms with Crippen LogP contribution in [0.25, 0.3) is 17.8 Å². The minimum Gasteiger partial charge on any atom is -0.264 e. The van der Waals surface area contributed by atoms with Gasteiger partial charge in [-0.1, -0.05) is 43.1 Å². The molecule has 2 aromatic rings. The van der Waals surface area contributed by atoms with E-state index in [4.69, 9.17) is 0 Å². The highest BCUT2D eigenvalue weighted by atomic mass is 79.9. The molecular formula is C16H16BrN3S. The van der Waals surface area contributed by atoms with Crippen LogP contribution in [0.1, 0.15) is 35.4 Å². The van der Waals surface area contributed by atoms with E-state index in [-0.39, 0.29) is 0 Å². The Hall–Kier alpha value is -1.33. The van der Waals surface area contributed by atoms with Crippen molar-refractivity contribution in [1.82, 2.24) is 14.8 Å². The largest absolute Gasteiger partial charge is 0.264 e. The first-order chi connectivity index (χ1) is 10.2. The van der Waals surface area contributed by atoms with Gasteiger partial charge in [0.15, 0.2) is 5.16 Å². The van der Waals surface area contributed by atoms with Crippen LogP contribution in [-0.4, -0.2) is 21.0 Å². The number of benzene rings is 1. The van der Waals surface area contributed by atoms with Crippen LogP contribution in [0.2, 0.25) is 0 Å². The van der Waals surface area contributed by atoms with Crippen LogP contribution in [-0.2, 0) is 0 Å². The zero-order chi connectivity index (χ0) is 15.0. The van der Waals surface area contributed by atoms with E-state index < -0.39 is 0 Å². The Morgan fingerprint density at radius 1 is 1.24 bits per heavy atom. The third-order valence-corrected chi connectivity index (χ3v) is 4.88. The highest BCUT2D eigenvalue weighted by molar-refractivity contribution is 9.10. The highest BCUT2D eigenvalue weighted by Crippen LogP contribution is 2.44. The van der Waals surface area contributed by atoms with Crippen molar-refractivity contribution < 1.29 is 0 Å². The average Bonchev–Trinajstić information content (AvgIpc) is 3.28. The summed E-state index contributed by atoms with van der Waals surface area (Å²) in [6.45, 7) is 7.98. The number of aromatic nitrogens is 3. The lowest BCUT2D eigenvalue weighted by Gasteiger charge is -2.16. The quantitative estimate of drug-likeness (QED) is 0.708. The first-order valence-electron chi connectivity index (χ1n) is 6.78. The van der Waals surface area contributed by atoms with Gasteiger partial charge in [0.2, 0.25) is 4.73 Å². The average molecular weight is 362 g/mol. The Morgan fingerprint density at radius 3 is 2.52 bits per heavy atom. The number of hydrogen-bond acceptors (Lipinski definition) is 3. The van der Waals surface area contributed by atoms with Crippen molar-refractivity contribution >= 4 is 39.8 Å². The maximum Gasteiger partial charge on any atom is 0.205 e. The Balaban J connectivity index is 2.25. The second kappa shape index (κ2) is 5.81. The number of rotatable bonds is 5. The molecule has 21 heavy (non-hydrogen) atoms. The van der Waals surface area contributed by atoms with Crippen molar-refractivity contribution in [3.63, 3.8) is 0 Å². The van der Waals surface area contributed by atoms with Gasteiger partial charge in [-0.05, 0) is 58.1 Å². The van der Waals surface area contributed by atoms with E-state index in [0.29, 0.717) is 10.7 Å². The fraction of sp³-hybridized carbons (Fsp3) is 0.250. The zero-order valence-electron chi connectivity index (χ0n) is 11.8. The van der Waals surface area contributed by atoms with Crippen molar-refractivity contribution in [2.75, 3.05) is 6.26 Å². The lowest BCUT2D eigenvalue weighted by atomic mass is 9.96. The van der Waals surface area contributed by atoms with Gasteiger partial charge in [-0.2, -0.15) is 0 Å². The molecule has 0 radical (unpaired) electrons. The molecule has 3 rings (SSSR count). The van der Waals surface area contributed by atoms with E-state index in [1.807, 2.05) is 23.0 Å². The summed E-state index contributed by atoms with van der Waals surface area (Å²) in [6, 6.07) is 4.33. The topological polar surface area (TPSA) is 30.7 Å². The van der Waals surface area contributed by atoms with Crippen LogP contribution in [0, 0.1) is 0 Å². The first-order valence-corrected chi connectivity index (χ1v) is 8.80. The van der Waals surface area contributed by atoms with Gasteiger partial charge in [0, 0.05) is 5.56 Å². The van der Waals surface area contributed by atoms with Gasteiger partial charge < -0.3 is 0 Å². The summed E-state index contributed by atoms with van der Waals surface area (Å²) in [5.41, 5.74) is 4.67. The maximum atomic E-state index is 4.18. The van der Waals surface area contributed by atoms with Gasteiger partial charge in [-0.25, -0.2) is 0 Å². The summed E-state index contributed by atoms with van der Waals surface area (Å²) in [7, 11) is 0. The third-order valence-electron chi connectivity index (χ3n) is 3.74. The lowest BCUT2D eigenvalue weighted by Crippen LogP contribution is -2.03. The number of thioether (sulfide) groups is 1. The molecule has 1 aliphatic carbocycles. The van der Waals surface area contributed by atoms with Gasteiger partial charge in [-0.3, -0.25) is 4.57 Å². The lowest BCUT2D eigenvalue weighted by molar-refractivity contribution is 0.875. The zero-order valence-corrected chi connectivity index (χ0v) is 14.2. The van der Waals surface area contributed by atoms with Crippen LogP contribution in [0.3, 0.4) is 0 Å². The summed E-state index contributed by atoms with van der Waals surface area (Å²) in [6.07, 6.45) is 8.36. The second-order valence-electron chi connectivity index (χ2n) is 4.97. The van der Waals surface area contributed by atoms with Crippen LogP contribution in [0.15, 0.2) is 35.2 Å². The molecule has 1 aromatic carbocycles. The molecular weight excluding hydrogens is 346 g/mol. The molecule has 0 bridgehead atoms. The van der Waals surface area contributed by atoms with Crippen molar-refractivity contribution in [3.8, 4) is 5.69 Å². The molecule has 0 amide bonds. The Labute approximate surface area is 137 Å². The van der Waals surface area contributed by atoms with Crippen LogP contribution in [0.4, 0.5) is 0 Å². The number of hydrogen-bond donors (Lipinski definition) is 0. The molecule has 0 unspecified atom stereocenters. The third kappa shape index (κ3) is 2.49. The van der Waals surface area contributed by atoms with Crippen LogP contribution >= 0.6 is 27.7 Å². The predicted octanol–water partition coefficient (Wildman–Crippen LogP) is 4.92. The first kappa shape index (κ1) is 14.6. The minimum atomic E-state index is 0.676. The van der Waals surface area contributed by atoms with Gasteiger partial charge >= 0.3 is 0 Å². The van der Waals surface area contributed by atoms with Gasteiger partial charge in [0.05, 0.1) is 5.69 Å². The molecule has 1 aliphatic rings. The normalized spacial score (nSPS) is 14.2. The highest BCUT2D eigenvalue weighted by Gasteiger charge is 2.27. The smallest absolute Gasteiger partial charge is 0.205 e. The number of halogens is 1. The van der Waals surface area contributed by atoms with E-state index in [9.17, 15) is 0 Å². The summed E-state index contributed by atoms with van der Waals surface area (Å²) in [5.74, 6) is 0.676. The Kier molecular flexibility index (Phi) is 4.04. The van der Waals surface area contributed by atoms with Crippen molar-refractivity contribution in [1.29, 1.82) is 0 Å². The minimum absolute atomic E-state index is 0.676. The molecule has 0 aliphatic heterocycles. The number of nitrogens with zero attached hydrogens (tertiary/aromatic N) is 3. The molecule has 1 heterocycles. The van der Waals surface area contributed by atoms with Crippen LogP contribution in [0.5, 0.6) is 0 Å². The monoisotopic (exact) mass is 361 g/mol. The summed E-state index contributed by atoms with van der Waals surface area (Å²) in [5, 5.41) is 9.14. The molecule has 1 saturated carbocycles. The molecule has 0 N–H and O–H groups in total. The molecule has 1 fully saturated rings. The molecule has 5 heteroatoms. The fourth-order valence-corrected chi connectivity index (χ4v) is 3.66. The molecule has 1 aromatic heterocycles. The molecule has 0 spiro atoms. The molecule has 0 saturated heterocycles.